The van der Waals surface area contributed by atoms with E-state index in [2.05, 4.69) is 16.4 Å². The molecule has 1 heterocycles. The van der Waals surface area contributed by atoms with Gasteiger partial charge in [0.05, 0.1) is 17.3 Å². The van der Waals surface area contributed by atoms with Gasteiger partial charge in [0.15, 0.2) is 0 Å². The van der Waals surface area contributed by atoms with Crippen LogP contribution in [0.2, 0.25) is 15.1 Å². The van der Waals surface area contributed by atoms with Gasteiger partial charge < -0.3 is 10.1 Å². The molecule has 0 aliphatic heterocycles. The van der Waals surface area contributed by atoms with Crippen molar-refractivity contribution in [3.63, 3.8) is 0 Å². The van der Waals surface area contributed by atoms with Crippen LogP contribution in [0.4, 0.5) is 0 Å². The van der Waals surface area contributed by atoms with Gasteiger partial charge in [0.2, 0.25) is 11.8 Å². The molecule has 1 fully saturated rings. The number of halogens is 3. The highest BCUT2D eigenvalue weighted by Crippen LogP contribution is 2.38. The lowest BCUT2D eigenvalue weighted by Crippen LogP contribution is -2.29. The first-order chi connectivity index (χ1) is 15.5. The summed E-state index contributed by atoms with van der Waals surface area (Å²) in [5.74, 6) is 0.334. The van der Waals surface area contributed by atoms with E-state index in [4.69, 9.17) is 39.5 Å². The maximum Gasteiger partial charge on any atom is 0.232 e. The lowest BCUT2D eigenvalue weighted by atomic mass is 9.97. The first-order valence-corrected chi connectivity index (χ1v) is 11.2. The lowest BCUT2D eigenvalue weighted by molar-refractivity contribution is -0.122. The SMILES string of the molecule is N#Cc1cc(-c2ccc(Cl)cc2)c(-c2ccc(Cl)cc2Cl)nc1OCCNC(=O)C1CC1. The standard InChI is InChI=1S/C24H18Cl3N3O2/c25-17-5-3-14(4-6-17)20-11-16(13-28)24(32-10-9-29-23(31)15-1-2-15)30-22(20)19-8-7-18(26)12-21(19)27/h3-8,11-12,15H,1-2,9-10H2,(H,29,31). The van der Waals surface area contributed by atoms with Crippen LogP contribution in [0.3, 0.4) is 0 Å². The molecule has 3 aromatic rings. The Labute approximate surface area is 200 Å². The molecule has 162 valence electrons. The summed E-state index contributed by atoms with van der Waals surface area (Å²) in [5, 5.41) is 14.1. The van der Waals surface area contributed by atoms with Crippen molar-refractivity contribution < 1.29 is 9.53 Å². The number of nitrogens with one attached hydrogen (secondary N) is 1. The molecule has 2 aromatic carbocycles. The Morgan fingerprint density at radius 3 is 2.44 bits per heavy atom. The fourth-order valence-corrected chi connectivity index (χ4v) is 3.86. The van der Waals surface area contributed by atoms with Crippen LogP contribution in [0.15, 0.2) is 48.5 Å². The fourth-order valence-electron chi connectivity index (χ4n) is 3.23. The number of ether oxygens (including phenoxy) is 1. The second-order valence-corrected chi connectivity index (χ2v) is 8.67. The summed E-state index contributed by atoms with van der Waals surface area (Å²) < 4.78 is 5.78. The van der Waals surface area contributed by atoms with Gasteiger partial charge in [0, 0.05) is 27.1 Å². The predicted molar refractivity (Wildman–Crippen MR) is 126 cm³/mol. The first-order valence-electron chi connectivity index (χ1n) is 10.0. The third-order valence-corrected chi connectivity index (χ3v) is 5.84. The molecule has 0 unspecified atom stereocenters. The minimum Gasteiger partial charge on any atom is -0.475 e. The Morgan fingerprint density at radius 2 is 1.78 bits per heavy atom. The summed E-state index contributed by atoms with van der Waals surface area (Å²) >= 11 is 18.6. The molecule has 5 nitrogen and oxygen atoms in total. The van der Waals surface area contributed by atoms with Crippen LogP contribution in [-0.2, 0) is 4.79 Å². The van der Waals surface area contributed by atoms with Crippen LogP contribution in [-0.4, -0.2) is 24.0 Å². The zero-order valence-corrected chi connectivity index (χ0v) is 19.1. The van der Waals surface area contributed by atoms with Crippen molar-refractivity contribution in [3.8, 4) is 34.3 Å². The van der Waals surface area contributed by atoms with E-state index in [9.17, 15) is 10.1 Å². The number of nitrogens with zero attached hydrogens (tertiary/aromatic N) is 2. The number of amides is 1. The molecule has 0 spiro atoms. The molecule has 1 amide bonds. The maximum absolute atomic E-state index is 11.8. The highest BCUT2D eigenvalue weighted by molar-refractivity contribution is 6.36. The second-order valence-electron chi connectivity index (χ2n) is 7.39. The zero-order chi connectivity index (χ0) is 22.7. The highest BCUT2D eigenvalue weighted by Gasteiger charge is 2.29. The summed E-state index contributed by atoms with van der Waals surface area (Å²) in [4.78, 5) is 16.4. The number of aromatic nitrogens is 1. The second kappa shape index (κ2) is 9.79. The number of carbonyl (C=O) groups excluding carboxylic acids is 1. The van der Waals surface area contributed by atoms with Crippen molar-refractivity contribution in [2.75, 3.05) is 13.2 Å². The lowest BCUT2D eigenvalue weighted by Gasteiger charge is -2.15. The molecule has 1 aliphatic carbocycles. The van der Waals surface area contributed by atoms with Gasteiger partial charge in [-0.3, -0.25) is 4.79 Å². The molecule has 32 heavy (non-hydrogen) atoms. The van der Waals surface area contributed by atoms with Gasteiger partial charge in [-0.05, 0) is 54.8 Å². The highest BCUT2D eigenvalue weighted by atomic mass is 35.5. The number of hydrogen-bond donors (Lipinski definition) is 1. The van der Waals surface area contributed by atoms with Crippen LogP contribution in [0.1, 0.15) is 18.4 Å². The predicted octanol–water partition coefficient (Wildman–Crippen LogP) is 6.15. The molecule has 0 bridgehead atoms. The average molecular weight is 487 g/mol. The summed E-state index contributed by atoms with van der Waals surface area (Å²) in [6, 6.07) is 16.2. The monoisotopic (exact) mass is 485 g/mol. The average Bonchev–Trinajstić information content (AvgIpc) is 3.62. The van der Waals surface area contributed by atoms with Crippen molar-refractivity contribution in [2.24, 2.45) is 5.92 Å². The number of hydrogen-bond acceptors (Lipinski definition) is 4. The van der Waals surface area contributed by atoms with Gasteiger partial charge >= 0.3 is 0 Å². The smallest absolute Gasteiger partial charge is 0.232 e. The van der Waals surface area contributed by atoms with Gasteiger partial charge in [0.25, 0.3) is 0 Å². The fraction of sp³-hybridized carbons (Fsp3) is 0.208. The number of pyridine rings is 1. The van der Waals surface area contributed by atoms with E-state index in [1.54, 1.807) is 36.4 Å². The Hall–Kier alpha value is -2.78. The minimum atomic E-state index is 0.0359. The van der Waals surface area contributed by atoms with Crippen LogP contribution in [0.5, 0.6) is 5.88 Å². The third kappa shape index (κ3) is 5.16. The van der Waals surface area contributed by atoms with Crippen molar-refractivity contribution in [3.05, 3.63) is 69.2 Å². The summed E-state index contributed by atoms with van der Waals surface area (Å²) in [5.41, 5.74) is 3.00. The van der Waals surface area contributed by atoms with Crippen molar-refractivity contribution in [2.45, 2.75) is 12.8 Å². The zero-order valence-electron chi connectivity index (χ0n) is 16.9. The minimum absolute atomic E-state index is 0.0359. The topological polar surface area (TPSA) is 75.0 Å². The van der Waals surface area contributed by atoms with Crippen molar-refractivity contribution in [1.29, 1.82) is 5.26 Å². The Balaban J connectivity index is 1.70. The molecule has 1 N–H and O–H groups in total. The molecule has 8 heteroatoms. The van der Waals surface area contributed by atoms with Crippen LogP contribution in [0.25, 0.3) is 22.4 Å². The van der Waals surface area contributed by atoms with Crippen LogP contribution >= 0.6 is 34.8 Å². The molecule has 4 rings (SSSR count). The van der Waals surface area contributed by atoms with Gasteiger partial charge in [0.1, 0.15) is 18.2 Å². The Kier molecular flexibility index (Phi) is 6.86. The molecule has 0 atom stereocenters. The van der Waals surface area contributed by atoms with E-state index in [0.717, 1.165) is 18.4 Å². The van der Waals surface area contributed by atoms with Gasteiger partial charge in [-0.25, -0.2) is 4.98 Å². The van der Waals surface area contributed by atoms with E-state index in [0.29, 0.717) is 38.4 Å². The van der Waals surface area contributed by atoms with Crippen molar-refractivity contribution >= 4 is 40.7 Å². The summed E-state index contributed by atoms with van der Waals surface area (Å²) in [6.45, 7) is 0.520. The van der Waals surface area contributed by atoms with Crippen LogP contribution < -0.4 is 10.1 Å². The molecule has 0 saturated heterocycles. The van der Waals surface area contributed by atoms with E-state index in [1.165, 1.54) is 0 Å². The summed E-state index contributed by atoms with van der Waals surface area (Å²) in [6.07, 6.45) is 1.87. The van der Waals surface area contributed by atoms with E-state index < -0.39 is 0 Å². The van der Waals surface area contributed by atoms with Gasteiger partial charge in [-0.1, -0.05) is 46.9 Å². The number of nitriles is 1. The molecule has 0 radical (unpaired) electrons. The van der Waals surface area contributed by atoms with E-state index in [1.807, 2.05) is 12.1 Å². The third-order valence-electron chi connectivity index (χ3n) is 5.04. The molecular formula is C24H18Cl3N3O2. The molecule has 1 aliphatic rings. The maximum atomic E-state index is 11.8. The summed E-state index contributed by atoms with van der Waals surface area (Å²) in [7, 11) is 0. The number of benzene rings is 2. The van der Waals surface area contributed by atoms with E-state index >= 15 is 0 Å². The first kappa shape index (κ1) is 22.4. The largest absolute Gasteiger partial charge is 0.475 e. The molecular weight excluding hydrogens is 469 g/mol. The number of rotatable bonds is 7. The van der Waals surface area contributed by atoms with Gasteiger partial charge in [-0.15, -0.1) is 0 Å². The Morgan fingerprint density at radius 1 is 1.06 bits per heavy atom. The Bertz CT molecular complexity index is 1200. The normalized spacial score (nSPS) is 12.8. The van der Waals surface area contributed by atoms with Crippen LogP contribution in [0, 0.1) is 17.2 Å². The quantitative estimate of drug-likeness (QED) is 0.406. The van der Waals surface area contributed by atoms with Gasteiger partial charge in [-0.2, -0.15) is 5.26 Å². The molecule has 1 aromatic heterocycles. The van der Waals surface area contributed by atoms with E-state index in [-0.39, 0.29) is 29.9 Å². The molecule has 1 saturated carbocycles. The number of carbonyl (C=O) groups is 1. The van der Waals surface area contributed by atoms with Crippen molar-refractivity contribution in [1.82, 2.24) is 10.3 Å².